The summed E-state index contributed by atoms with van der Waals surface area (Å²) < 4.78 is 0. The van der Waals surface area contributed by atoms with Crippen molar-refractivity contribution in [2.24, 2.45) is 0 Å². The average Bonchev–Trinajstić information content (AvgIpc) is 1.11. The van der Waals surface area contributed by atoms with E-state index >= 15 is 0 Å². The molecule has 0 aliphatic rings. The van der Waals surface area contributed by atoms with Gasteiger partial charge in [-0.15, -0.1) is 0 Å². The second-order valence-electron chi connectivity index (χ2n) is 23.3. The highest BCUT2D eigenvalue weighted by Gasteiger charge is 2.45. The molecular weight excluding hydrogens is 1150 g/mol. The van der Waals surface area contributed by atoms with Crippen LogP contribution in [0.1, 0.15) is 142 Å². The summed E-state index contributed by atoms with van der Waals surface area (Å²) in [4.78, 5) is 63.6. The van der Waals surface area contributed by atoms with Crippen LogP contribution in [0.3, 0.4) is 0 Å². The molecular formula is C73H100N6O8P2+2. The van der Waals surface area contributed by atoms with Crippen molar-refractivity contribution < 1.29 is 39.6 Å². The molecule has 478 valence electrons. The van der Waals surface area contributed by atoms with Crippen molar-refractivity contribution in [2.75, 3.05) is 64.7 Å². The van der Waals surface area contributed by atoms with E-state index < -0.39 is 32.2 Å². The minimum absolute atomic E-state index is 0.0358. The lowest BCUT2D eigenvalue weighted by molar-refractivity contribution is -0.166. The highest BCUT2D eigenvalue weighted by Crippen LogP contribution is 2.57. The molecule has 0 heterocycles. The Labute approximate surface area is 532 Å². The maximum absolute atomic E-state index is 12.9. The predicted octanol–water partition coefficient (Wildman–Crippen LogP) is 11.4. The van der Waals surface area contributed by atoms with Crippen molar-refractivity contribution in [1.29, 1.82) is 0 Å². The van der Waals surface area contributed by atoms with Crippen molar-refractivity contribution >= 4 is 75.9 Å². The predicted molar refractivity (Wildman–Crippen MR) is 366 cm³/mol. The Kier molecular flexibility index (Phi) is 32.8. The molecule has 0 aliphatic heterocycles. The van der Waals surface area contributed by atoms with Crippen LogP contribution in [-0.2, 0) is 24.0 Å². The standard InChI is InChI=1S/C73H98N6O8P2/c1-63(80)77(85)58-32-12-27-53-74-70(81)49-51-72(83)78(86)59-33-13-28-54-75-71(82)50-52-73(84)79(87)60-34-14-31-57-76(55-29-2-4-35-61-88(64-37-15-6-16-38-64,65-39-17-7-18-40-65)66-41-19-8-20-42-66)56-30-3-5-36-62-89(67-43-21-9-22-44-67,68-45-23-10-24-46-68)69-47-25-11-26-48-69/h6-11,15-26,37-48,85-87H,2-5,12-14,27-36,49-62H2,1H3/p+2. The topological polar surface area (TPSA) is 183 Å². The number of nitrogens with one attached hydrogen (secondary N) is 2. The Balaban J connectivity index is 0.912. The first kappa shape index (κ1) is 71.4. The molecule has 16 heteroatoms. The summed E-state index contributed by atoms with van der Waals surface area (Å²) in [5, 5.41) is 46.4. The van der Waals surface area contributed by atoms with Crippen molar-refractivity contribution in [1.82, 2.24) is 30.7 Å². The minimum Gasteiger partial charge on any atom is -0.356 e. The molecule has 0 fully saturated rings. The first-order valence-electron chi connectivity index (χ1n) is 32.7. The first-order chi connectivity index (χ1) is 43.4. The molecule has 5 N–H and O–H groups in total. The van der Waals surface area contributed by atoms with Gasteiger partial charge in [0.05, 0.1) is 12.3 Å². The van der Waals surface area contributed by atoms with Gasteiger partial charge >= 0.3 is 0 Å². The second-order valence-corrected chi connectivity index (χ2v) is 30.5. The van der Waals surface area contributed by atoms with Crippen molar-refractivity contribution in [3.8, 4) is 0 Å². The maximum Gasteiger partial charge on any atom is 0.246 e. The van der Waals surface area contributed by atoms with E-state index in [0.717, 1.165) is 75.5 Å². The van der Waals surface area contributed by atoms with Gasteiger partial charge < -0.3 is 15.5 Å². The molecule has 0 atom stereocenters. The summed E-state index contributed by atoms with van der Waals surface area (Å²) >= 11 is 0. The van der Waals surface area contributed by atoms with Gasteiger partial charge in [0.15, 0.2) is 0 Å². The number of rotatable bonds is 44. The summed E-state index contributed by atoms with van der Waals surface area (Å²) in [5.74, 6) is -2.02. The number of hydrogen-bond acceptors (Lipinski definition) is 9. The van der Waals surface area contributed by atoms with E-state index in [9.17, 15) is 39.6 Å². The molecule has 0 radical (unpaired) electrons. The van der Waals surface area contributed by atoms with Crippen molar-refractivity contribution in [2.45, 2.75) is 142 Å². The third kappa shape index (κ3) is 24.3. The summed E-state index contributed by atoms with van der Waals surface area (Å²) in [6.07, 6.45) is 17.4. The van der Waals surface area contributed by atoms with Crippen LogP contribution >= 0.6 is 14.5 Å². The first-order valence-corrected chi connectivity index (χ1v) is 36.7. The Morgan fingerprint density at radius 1 is 0.315 bits per heavy atom. The van der Waals surface area contributed by atoms with E-state index in [1.54, 1.807) is 0 Å². The van der Waals surface area contributed by atoms with Crippen LogP contribution in [0.2, 0.25) is 0 Å². The molecule has 0 aliphatic carbocycles. The fraction of sp³-hybridized carbons (Fsp3) is 0.438. The molecule has 6 rings (SSSR count). The van der Waals surface area contributed by atoms with Crippen LogP contribution in [0, 0.1) is 0 Å². The Morgan fingerprint density at radius 2 is 0.562 bits per heavy atom. The zero-order chi connectivity index (χ0) is 63.2. The van der Waals surface area contributed by atoms with E-state index in [0.29, 0.717) is 68.2 Å². The number of hydrogen-bond donors (Lipinski definition) is 5. The van der Waals surface area contributed by atoms with Gasteiger partial charge in [0.1, 0.15) is 46.4 Å². The largest absolute Gasteiger partial charge is 0.356 e. The molecule has 0 unspecified atom stereocenters. The second kappa shape index (κ2) is 40.9. The SMILES string of the molecule is CC(=O)N(O)CCCCCNC(=O)CCC(=O)N(O)CCCCCNC(=O)CCC(=O)N(O)CCCCCN(CCCCCC[P+](c1ccccc1)(c1ccccc1)c1ccccc1)CCCCCC[P+](c1ccccc1)(c1ccccc1)c1ccccc1. The van der Waals surface area contributed by atoms with Crippen molar-refractivity contribution in [3.05, 3.63) is 182 Å². The minimum atomic E-state index is -1.87. The fourth-order valence-corrected chi connectivity index (χ4v) is 20.6. The third-order valence-electron chi connectivity index (χ3n) is 16.8. The van der Waals surface area contributed by atoms with Crippen LogP contribution in [0.4, 0.5) is 0 Å². The van der Waals surface area contributed by atoms with Gasteiger partial charge in [-0.3, -0.25) is 39.6 Å². The lowest BCUT2D eigenvalue weighted by atomic mass is 10.1. The number of carbonyl (C=O) groups excluding carboxylic acids is 5. The zero-order valence-corrected chi connectivity index (χ0v) is 54.6. The van der Waals surface area contributed by atoms with Gasteiger partial charge in [0.25, 0.3) is 0 Å². The molecule has 14 nitrogen and oxygen atoms in total. The molecule has 0 saturated heterocycles. The highest BCUT2D eigenvalue weighted by molar-refractivity contribution is 7.96. The Bertz CT molecular complexity index is 2600. The maximum atomic E-state index is 12.9. The van der Waals surface area contributed by atoms with Gasteiger partial charge in [-0.25, -0.2) is 15.2 Å². The van der Waals surface area contributed by atoms with Crippen LogP contribution in [0.15, 0.2) is 182 Å². The lowest BCUT2D eigenvalue weighted by Gasteiger charge is -2.28. The quantitative estimate of drug-likeness (QED) is 0.0108. The third-order valence-corrected chi connectivity index (χ3v) is 25.8. The molecule has 0 saturated carbocycles. The number of amides is 5. The van der Waals surface area contributed by atoms with Crippen LogP contribution in [0.5, 0.6) is 0 Å². The van der Waals surface area contributed by atoms with E-state index in [-0.39, 0.29) is 57.1 Å². The van der Waals surface area contributed by atoms with Crippen molar-refractivity contribution in [3.63, 3.8) is 0 Å². The molecule has 6 aromatic carbocycles. The number of nitrogens with zero attached hydrogens (tertiary/aromatic N) is 4. The summed E-state index contributed by atoms with van der Waals surface area (Å²) in [7, 11) is -3.74. The van der Waals surface area contributed by atoms with Crippen LogP contribution in [-0.4, -0.2) is 130 Å². The zero-order valence-electron chi connectivity index (χ0n) is 52.8. The Morgan fingerprint density at radius 3 is 0.854 bits per heavy atom. The normalized spacial score (nSPS) is 11.5. The monoisotopic (exact) mass is 1250 g/mol. The molecule has 5 amide bonds. The Hall–Kier alpha value is -6.63. The average molecular weight is 1250 g/mol. The van der Waals surface area contributed by atoms with Gasteiger partial charge in [-0.2, -0.15) is 0 Å². The molecule has 89 heavy (non-hydrogen) atoms. The summed E-state index contributed by atoms with van der Waals surface area (Å²) in [6.45, 7) is 5.66. The summed E-state index contributed by atoms with van der Waals surface area (Å²) in [5.41, 5.74) is 0. The number of hydroxylamine groups is 6. The van der Waals surface area contributed by atoms with Gasteiger partial charge in [0, 0.05) is 65.3 Å². The van der Waals surface area contributed by atoms with Crippen LogP contribution < -0.4 is 42.5 Å². The number of benzene rings is 6. The molecule has 0 aromatic heterocycles. The van der Waals surface area contributed by atoms with E-state index in [1.165, 1.54) is 64.4 Å². The van der Waals surface area contributed by atoms with Crippen LogP contribution in [0.25, 0.3) is 0 Å². The summed E-state index contributed by atoms with van der Waals surface area (Å²) in [6, 6.07) is 67.1. The molecule has 6 aromatic rings. The van der Waals surface area contributed by atoms with Gasteiger partial charge in [0.2, 0.25) is 29.5 Å². The lowest BCUT2D eigenvalue weighted by Crippen LogP contribution is -2.33. The van der Waals surface area contributed by atoms with E-state index in [2.05, 4.69) is 198 Å². The molecule has 0 spiro atoms. The smallest absolute Gasteiger partial charge is 0.246 e. The fourth-order valence-electron chi connectivity index (χ4n) is 11.8. The molecule has 0 bridgehead atoms. The van der Waals surface area contributed by atoms with E-state index in [4.69, 9.17) is 0 Å². The van der Waals surface area contributed by atoms with E-state index in [1.807, 2.05) is 0 Å². The number of carbonyl (C=O) groups is 5. The van der Waals surface area contributed by atoms with Gasteiger partial charge in [-0.1, -0.05) is 128 Å². The van der Waals surface area contributed by atoms with Gasteiger partial charge in [-0.05, 0) is 182 Å². The highest BCUT2D eigenvalue weighted by atomic mass is 31.2. The number of unbranched alkanes of at least 4 members (excludes halogenated alkanes) is 12.